The molecule has 1 fully saturated rings. The van der Waals surface area contributed by atoms with Gasteiger partial charge in [-0.05, 0) is 77.2 Å². The topological polar surface area (TPSA) is 46.6 Å². The van der Waals surface area contributed by atoms with Gasteiger partial charge in [0.25, 0.3) is 0 Å². The van der Waals surface area contributed by atoms with Crippen LogP contribution < -0.4 is 4.67 Å². The van der Waals surface area contributed by atoms with Gasteiger partial charge in [0.15, 0.2) is 5.82 Å². The van der Waals surface area contributed by atoms with Crippen molar-refractivity contribution in [2.24, 2.45) is 11.8 Å². The second-order valence-electron chi connectivity index (χ2n) is 7.14. The number of hydrogen-bond donors (Lipinski definition) is 0. The van der Waals surface area contributed by atoms with Crippen LogP contribution in [0.3, 0.4) is 0 Å². The Morgan fingerprint density at radius 1 is 1.42 bits per heavy atom. The molecule has 0 bridgehead atoms. The summed E-state index contributed by atoms with van der Waals surface area (Å²) in [7, 11) is 2.33. The Morgan fingerprint density at radius 2 is 2.08 bits per heavy atom. The van der Waals surface area contributed by atoms with E-state index in [1.165, 1.54) is 0 Å². The smallest absolute Gasteiger partial charge is 0.316 e. The largest absolute Gasteiger partial charge is 0.465 e. The fourth-order valence-electron chi connectivity index (χ4n) is 3.78. The fraction of sp³-hybridized carbons (Fsp3) is 0.600. The van der Waals surface area contributed by atoms with E-state index < -0.39 is 11.9 Å². The number of halogens is 1. The van der Waals surface area contributed by atoms with Gasteiger partial charge in [-0.25, -0.2) is 4.39 Å². The van der Waals surface area contributed by atoms with Crippen molar-refractivity contribution in [3.63, 3.8) is 0 Å². The summed E-state index contributed by atoms with van der Waals surface area (Å²) in [4.78, 5) is 24.6. The minimum Gasteiger partial charge on any atom is -0.465 e. The first-order chi connectivity index (χ1) is 12.2. The first-order valence-corrected chi connectivity index (χ1v) is 10.6. The Balaban J connectivity index is 2.41. The highest BCUT2D eigenvalue weighted by molar-refractivity contribution is 7.39. The highest BCUT2D eigenvalue weighted by atomic mass is 31.1. The number of benzene rings is 1. The normalized spacial score (nSPS) is 23.5. The van der Waals surface area contributed by atoms with E-state index in [4.69, 9.17) is 4.74 Å². The summed E-state index contributed by atoms with van der Waals surface area (Å²) in [6, 6.07) is 1.88. The number of rotatable bonds is 5. The van der Waals surface area contributed by atoms with E-state index >= 15 is 4.39 Å². The number of hydrogen-bond acceptors (Lipinski definition) is 4. The second kappa shape index (κ2) is 8.47. The third kappa shape index (κ3) is 3.93. The van der Waals surface area contributed by atoms with Crippen LogP contribution in [0.15, 0.2) is 6.07 Å². The van der Waals surface area contributed by atoms with E-state index in [9.17, 15) is 9.59 Å². The van der Waals surface area contributed by atoms with Crippen LogP contribution in [0, 0.1) is 31.5 Å². The number of ketones is 1. The van der Waals surface area contributed by atoms with Crippen LogP contribution in [0.5, 0.6) is 0 Å². The number of Topliss-reactive ketones (excluding diaryl/α,β-unsaturated/α-hetero) is 1. The average Bonchev–Trinajstić information content (AvgIpc) is 2.60. The van der Waals surface area contributed by atoms with Crippen molar-refractivity contribution in [2.75, 3.05) is 25.0 Å². The molecule has 1 aliphatic carbocycles. The van der Waals surface area contributed by atoms with Crippen molar-refractivity contribution in [1.82, 2.24) is 0 Å². The van der Waals surface area contributed by atoms with Crippen molar-refractivity contribution in [3.05, 3.63) is 28.6 Å². The molecule has 0 saturated heterocycles. The number of carbonyl (C=O) groups is 2. The zero-order valence-electron chi connectivity index (χ0n) is 16.5. The Bertz CT molecular complexity index is 707. The molecule has 0 heterocycles. The lowest BCUT2D eigenvalue weighted by atomic mass is 9.70. The first kappa shape index (κ1) is 20.8. The molecule has 0 aliphatic heterocycles. The molecule has 26 heavy (non-hydrogen) atoms. The quantitative estimate of drug-likeness (QED) is 0.432. The molecule has 144 valence electrons. The van der Waals surface area contributed by atoms with E-state index in [1.807, 2.05) is 45.2 Å². The molecular weight excluding hydrogens is 352 g/mol. The van der Waals surface area contributed by atoms with Gasteiger partial charge in [0.2, 0.25) is 0 Å². The average molecular weight is 381 g/mol. The van der Waals surface area contributed by atoms with Gasteiger partial charge in [-0.15, -0.1) is 0 Å². The Morgan fingerprint density at radius 3 is 2.65 bits per heavy atom. The van der Waals surface area contributed by atoms with Gasteiger partial charge in [0.05, 0.1) is 12.3 Å². The minimum atomic E-state index is -0.714. The molecule has 1 aromatic rings. The molecule has 1 aromatic carbocycles. The van der Waals surface area contributed by atoms with E-state index in [2.05, 4.69) is 0 Å². The van der Waals surface area contributed by atoms with E-state index in [-0.39, 0.29) is 36.5 Å². The van der Waals surface area contributed by atoms with Gasteiger partial charge in [-0.1, -0.05) is 6.92 Å². The number of ether oxygens (including phenoxy) is 1. The molecule has 1 aliphatic rings. The van der Waals surface area contributed by atoms with Gasteiger partial charge in [0.1, 0.15) is 11.7 Å². The minimum absolute atomic E-state index is 0.0272. The zero-order valence-corrected chi connectivity index (χ0v) is 17.5. The molecule has 1 saturated carbocycles. The summed E-state index contributed by atoms with van der Waals surface area (Å²) in [6.45, 7) is 9.89. The van der Waals surface area contributed by atoms with Crippen LogP contribution >= 0.6 is 8.73 Å². The molecule has 4 nitrogen and oxygen atoms in total. The second-order valence-corrected chi connectivity index (χ2v) is 8.26. The van der Waals surface area contributed by atoms with Crippen molar-refractivity contribution in [2.45, 2.75) is 46.5 Å². The molecule has 2 rings (SSSR count). The van der Waals surface area contributed by atoms with Gasteiger partial charge in [-0.2, -0.15) is 0 Å². The maximum absolute atomic E-state index is 15.4. The van der Waals surface area contributed by atoms with E-state index in [0.717, 1.165) is 11.1 Å². The summed E-state index contributed by atoms with van der Waals surface area (Å²) in [5.74, 6) is -1.71. The first-order valence-electron chi connectivity index (χ1n) is 9.12. The lowest BCUT2D eigenvalue weighted by Gasteiger charge is -2.34. The number of anilines is 1. The van der Waals surface area contributed by atoms with E-state index in [1.54, 1.807) is 6.92 Å². The predicted octanol–water partition coefficient (Wildman–Crippen LogP) is 4.36. The van der Waals surface area contributed by atoms with Crippen LogP contribution in [-0.4, -0.2) is 32.1 Å². The number of esters is 1. The molecule has 0 N–H and O–H groups in total. The summed E-state index contributed by atoms with van der Waals surface area (Å²) in [6.07, 6.45) is 0.597. The summed E-state index contributed by atoms with van der Waals surface area (Å²) >= 11 is 0. The van der Waals surface area contributed by atoms with Gasteiger partial charge in [0, 0.05) is 13.5 Å². The van der Waals surface area contributed by atoms with Crippen molar-refractivity contribution < 1.29 is 18.7 Å². The number of nitrogens with zero attached hydrogens (tertiary/aromatic N) is 1. The van der Waals surface area contributed by atoms with Gasteiger partial charge < -0.3 is 9.41 Å². The Hall–Kier alpha value is -1.48. The third-order valence-corrected chi connectivity index (χ3v) is 6.46. The van der Waals surface area contributed by atoms with Crippen molar-refractivity contribution in [3.8, 4) is 0 Å². The Labute approximate surface area is 157 Å². The molecule has 6 heteroatoms. The summed E-state index contributed by atoms with van der Waals surface area (Å²) in [5.41, 5.74) is 3.14. The molecule has 4 atom stereocenters. The van der Waals surface area contributed by atoms with Crippen LogP contribution in [0.25, 0.3) is 0 Å². The molecule has 0 spiro atoms. The molecule has 0 radical (unpaired) electrons. The van der Waals surface area contributed by atoms with Crippen molar-refractivity contribution in [1.29, 1.82) is 0 Å². The SMILES string of the molecule is CCOC(=O)C1CC(C)C(c2c(C)c(C)cc(N(C)PC)c2F)CC1=O. The van der Waals surface area contributed by atoms with Crippen LogP contribution in [-0.2, 0) is 14.3 Å². The van der Waals surface area contributed by atoms with Crippen molar-refractivity contribution >= 4 is 26.2 Å². The number of aryl methyl sites for hydroxylation is 1. The summed E-state index contributed by atoms with van der Waals surface area (Å²) < 4.78 is 22.3. The maximum atomic E-state index is 15.4. The maximum Gasteiger partial charge on any atom is 0.316 e. The molecule has 4 unspecified atom stereocenters. The van der Waals surface area contributed by atoms with Crippen LogP contribution in [0.1, 0.15) is 49.3 Å². The molecule has 0 amide bonds. The predicted molar refractivity (Wildman–Crippen MR) is 105 cm³/mol. The van der Waals surface area contributed by atoms with Crippen LogP contribution in [0.2, 0.25) is 0 Å². The highest BCUT2D eigenvalue weighted by Crippen LogP contribution is 2.44. The number of carbonyl (C=O) groups excluding carboxylic acids is 2. The van der Waals surface area contributed by atoms with Gasteiger partial charge >= 0.3 is 5.97 Å². The molecule has 0 aromatic heterocycles. The van der Waals surface area contributed by atoms with E-state index in [0.29, 0.717) is 26.4 Å². The molecular formula is C20H29FNO3P. The lowest BCUT2D eigenvalue weighted by Crippen LogP contribution is -2.36. The van der Waals surface area contributed by atoms with Crippen LogP contribution in [0.4, 0.5) is 10.1 Å². The highest BCUT2D eigenvalue weighted by Gasteiger charge is 2.41. The monoisotopic (exact) mass is 381 g/mol. The third-order valence-electron chi connectivity index (χ3n) is 5.55. The zero-order chi connectivity index (χ0) is 19.6. The van der Waals surface area contributed by atoms with Gasteiger partial charge in [-0.3, -0.25) is 9.59 Å². The lowest BCUT2D eigenvalue weighted by molar-refractivity contribution is -0.153. The fourth-order valence-corrected chi connectivity index (χ4v) is 4.19. The summed E-state index contributed by atoms with van der Waals surface area (Å²) in [5, 5.41) is 0. The standard InChI is InChI=1S/C20H29FNO3P/c1-7-25-20(24)15-8-12(3)14(10-17(15)23)18-13(4)11(2)9-16(19(18)21)22(5)26-6/h9,12,14-15,26H,7-8,10H2,1-6H3. The Kier molecular flexibility index (Phi) is 6.79.